The summed E-state index contributed by atoms with van der Waals surface area (Å²) >= 11 is -1.27. The lowest BCUT2D eigenvalue weighted by Gasteiger charge is -2.03. The van der Waals surface area contributed by atoms with E-state index in [9.17, 15) is 4.55 Å². The number of fused-ring (bicyclic) bond motifs is 1. The first-order chi connectivity index (χ1) is 10.7. The average molecular weight is 319 g/mol. The van der Waals surface area contributed by atoms with Gasteiger partial charge in [0, 0.05) is 30.1 Å². The van der Waals surface area contributed by atoms with Crippen LogP contribution in [0.5, 0.6) is 0 Å². The third-order valence-electron chi connectivity index (χ3n) is 2.85. The number of aliphatic hydroxyl groups is 1. The van der Waals surface area contributed by atoms with E-state index in [-0.39, 0.29) is 11.8 Å². The first-order valence-electron chi connectivity index (χ1n) is 6.41. The second kappa shape index (κ2) is 6.22. The molecule has 3 aromatic heterocycles. The molecule has 3 N–H and O–H groups in total. The van der Waals surface area contributed by atoms with Crippen LogP contribution in [0.15, 0.2) is 23.6 Å². The molecule has 9 nitrogen and oxygen atoms in total. The van der Waals surface area contributed by atoms with E-state index in [1.807, 2.05) is 0 Å². The molecular formula is C12H13N7O2S. The summed E-state index contributed by atoms with van der Waals surface area (Å²) in [5.74, 6) is 0.398. The highest BCUT2D eigenvalue weighted by molar-refractivity contribution is 7.90. The molecule has 0 aliphatic rings. The van der Waals surface area contributed by atoms with Gasteiger partial charge >= 0.3 is 5.16 Å². The lowest BCUT2D eigenvalue weighted by Crippen LogP contribution is -2.08. The van der Waals surface area contributed by atoms with Gasteiger partial charge in [-0.05, 0) is 6.07 Å². The summed E-state index contributed by atoms with van der Waals surface area (Å²) in [6.07, 6.45) is 4.67. The molecule has 10 heteroatoms. The smallest absolute Gasteiger partial charge is 0.343 e. The highest BCUT2D eigenvalue weighted by atomic mass is 32.2. The quantitative estimate of drug-likeness (QED) is 0.440. The number of aliphatic hydroxyl groups excluding tert-OH is 1. The third kappa shape index (κ3) is 2.84. The fraction of sp³-hybridized carbons (Fsp3) is 0.250. The molecule has 22 heavy (non-hydrogen) atoms. The molecule has 0 radical (unpaired) electrons. The van der Waals surface area contributed by atoms with Gasteiger partial charge in [-0.25, -0.2) is 4.98 Å². The summed E-state index contributed by atoms with van der Waals surface area (Å²) in [6.45, 7) is 0.359. The van der Waals surface area contributed by atoms with Gasteiger partial charge in [-0.2, -0.15) is 20.1 Å². The highest BCUT2D eigenvalue weighted by Gasteiger charge is 2.15. The molecule has 0 spiro atoms. The van der Waals surface area contributed by atoms with Gasteiger partial charge in [0.25, 0.3) is 0 Å². The Bertz CT molecular complexity index is 792. The highest BCUT2D eigenvalue weighted by Crippen LogP contribution is 2.24. The zero-order valence-corrected chi connectivity index (χ0v) is 12.5. The van der Waals surface area contributed by atoms with Crippen molar-refractivity contribution in [3.63, 3.8) is 0 Å². The Morgan fingerprint density at radius 2 is 2.23 bits per heavy atom. The molecule has 1 unspecified atom stereocenters. The molecule has 0 saturated heterocycles. The molecular weight excluding hydrogens is 306 g/mol. The summed E-state index contributed by atoms with van der Waals surface area (Å²) in [7, 11) is 0. The largest absolute Gasteiger partial charge is 0.609 e. The van der Waals surface area contributed by atoms with Crippen LogP contribution in [0.2, 0.25) is 0 Å². The van der Waals surface area contributed by atoms with Crippen LogP contribution in [0.25, 0.3) is 22.4 Å². The summed E-state index contributed by atoms with van der Waals surface area (Å²) in [5, 5.41) is 19.6. The molecule has 0 amide bonds. The van der Waals surface area contributed by atoms with Crippen molar-refractivity contribution in [3.05, 3.63) is 18.5 Å². The van der Waals surface area contributed by atoms with Crippen molar-refractivity contribution >= 4 is 28.2 Å². The Kier molecular flexibility index (Phi) is 4.13. The average Bonchev–Trinajstić information content (AvgIpc) is 2.96. The standard InChI is InChI=1S/C12H13N7O2S/c1-22(21)12-14-3-2-8(16-12)9-7-6-15-11(13-4-5-20)17-10(7)19-18-9/h2-3,6,20H,4-5H2,1H3,(H2,13,15,17,18,19). The number of hydrogen-bond donors (Lipinski definition) is 3. The minimum atomic E-state index is -1.27. The topological polar surface area (TPSA) is 136 Å². The Labute approximate surface area is 128 Å². The Morgan fingerprint density at radius 1 is 1.36 bits per heavy atom. The molecule has 0 aliphatic carbocycles. The van der Waals surface area contributed by atoms with Gasteiger partial charge < -0.3 is 15.0 Å². The normalized spacial score (nSPS) is 12.5. The number of nitrogens with one attached hydrogen (secondary N) is 2. The van der Waals surface area contributed by atoms with Gasteiger partial charge in [0.2, 0.25) is 5.95 Å². The van der Waals surface area contributed by atoms with Gasteiger partial charge in [0.15, 0.2) is 5.65 Å². The summed E-state index contributed by atoms with van der Waals surface area (Å²) in [6, 6.07) is 1.68. The molecule has 0 aliphatic heterocycles. The lowest BCUT2D eigenvalue weighted by molar-refractivity contribution is 0.311. The molecule has 3 rings (SSSR count). The summed E-state index contributed by atoms with van der Waals surface area (Å²) in [4.78, 5) is 16.6. The van der Waals surface area contributed by atoms with Crippen LogP contribution in [0, 0.1) is 0 Å². The van der Waals surface area contributed by atoms with Crippen molar-refractivity contribution in [1.29, 1.82) is 0 Å². The zero-order valence-electron chi connectivity index (χ0n) is 11.6. The minimum absolute atomic E-state index is 0.00646. The molecule has 3 heterocycles. The van der Waals surface area contributed by atoms with Crippen LogP contribution in [0.3, 0.4) is 0 Å². The van der Waals surface area contributed by atoms with Crippen molar-refractivity contribution in [1.82, 2.24) is 30.1 Å². The summed E-state index contributed by atoms with van der Waals surface area (Å²) < 4.78 is 11.5. The molecule has 0 aromatic carbocycles. The van der Waals surface area contributed by atoms with Gasteiger partial charge in [-0.15, -0.1) is 0 Å². The van der Waals surface area contributed by atoms with Crippen molar-refractivity contribution in [3.8, 4) is 11.4 Å². The van der Waals surface area contributed by atoms with E-state index in [2.05, 4.69) is 35.5 Å². The first kappa shape index (κ1) is 14.6. The van der Waals surface area contributed by atoms with Crippen LogP contribution in [-0.2, 0) is 11.2 Å². The van der Waals surface area contributed by atoms with Crippen molar-refractivity contribution in [2.45, 2.75) is 5.16 Å². The van der Waals surface area contributed by atoms with Crippen LogP contribution < -0.4 is 5.32 Å². The van der Waals surface area contributed by atoms with Crippen molar-refractivity contribution in [2.75, 3.05) is 24.7 Å². The monoisotopic (exact) mass is 319 g/mol. The Balaban J connectivity index is 1.99. The van der Waals surface area contributed by atoms with Gasteiger partial charge in [-0.3, -0.25) is 5.10 Å². The van der Waals surface area contributed by atoms with Gasteiger partial charge in [0.1, 0.15) is 11.9 Å². The van der Waals surface area contributed by atoms with E-state index in [1.54, 1.807) is 12.3 Å². The maximum absolute atomic E-state index is 11.5. The fourth-order valence-electron chi connectivity index (χ4n) is 1.87. The number of anilines is 1. The van der Waals surface area contributed by atoms with Crippen LogP contribution in [-0.4, -0.2) is 59.2 Å². The number of aromatic nitrogens is 6. The predicted octanol–water partition coefficient (Wildman–Crippen LogP) is -0.0485. The third-order valence-corrected chi connectivity index (χ3v) is 3.56. The van der Waals surface area contributed by atoms with E-state index >= 15 is 0 Å². The predicted molar refractivity (Wildman–Crippen MR) is 80.6 cm³/mol. The number of rotatable bonds is 5. The maximum Gasteiger partial charge on any atom is 0.343 e. The Hall–Kier alpha value is -2.30. The van der Waals surface area contributed by atoms with E-state index in [0.717, 1.165) is 0 Å². The van der Waals surface area contributed by atoms with E-state index < -0.39 is 11.2 Å². The number of hydrogen-bond acceptors (Lipinski definition) is 8. The number of H-pyrrole nitrogens is 1. The van der Waals surface area contributed by atoms with Crippen LogP contribution in [0.1, 0.15) is 0 Å². The maximum atomic E-state index is 11.5. The summed E-state index contributed by atoms with van der Waals surface area (Å²) in [5.41, 5.74) is 1.66. The fourth-order valence-corrected chi connectivity index (χ4v) is 2.30. The van der Waals surface area contributed by atoms with Gasteiger partial charge in [-0.1, -0.05) is 0 Å². The molecule has 0 bridgehead atoms. The van der Waals surface area contributed by atoms with Crippen LogP contribution >= 0.6 is 0 Å². The SMILES string of the molecule is C[S+]([O-])c1nccc(-c2n[nH]c3nc(NCCO)ncc23)n1. The molecule has 0 fully saturated rings. The van der Waals surface area contributed by atoms with E-state index in [1.165, 1.54) is 12.5 Å². The second-order valence-electron chi connectivity index (χ2n) is 4.36. The van der Waals surface area contributed by atoms with Crippen molar-refractivity contribution < 1.29 is 9.66 Å². The molecule has 3 aromatic rings. The lowest BCUT2D eigenvalue weighted by atomic mass is 10.2. The molecule has 0 saturated carbocycles. The van der Waals surface area contributed by atoms with E-state index in [4.69, 9.17) is 5.11 Å². The van der Waals surface area contributed by atoms with E-state index in [0.29, 0.717) is 34.9 Å². The first-order valence-corrected chi connectivity index (χ1v) is 7.97. The number of nitrogens with zero attached hydrogens (tertiary/aromatic N) is 5. The van der Waals surface area contributed by atoms with Gasteiger partial charge in [0.05, 0.1) is 17.7 Å². The second-order valence-corrected chi connectivity index (χ2v) is 5.63. The zero-order chi connectivity index (χ0) is 15.5. The molecule has 114 valence electrons. The van der Waals surface area contributed by atoms with Crippen molar-refractivity contribution in [2.24, 2.45) is 0 Å². The Morgan fingerprint density at radius 3 is 3.00 bits per heavy atom. The number of aromatic amines is 1. The van der Waals surface area contributed by atoms with Crippen LogP contribution in [0.4, 0.5) is 5.95 Å². The minimum Gasteiger partial charge on any atom is -0.609 e. The molecule has 1 atom stereocenters.